The molecular weight excluding hydrogens is 226 g/mol. The van der Waals surface area contributed by atoms with Gasteiger partial charge in [0.1, 0.15) is 16.6 Å². The molecule has 0 amide bonds. The fourth-order valence-corrected chi connectivity index (χ4v) is 1.75. The molecule has 16 heavy (non-hydrogen) atoms. The smallest absolute Gasteiger partial charge is 0.215 e. The SMILES string of the molecule is Cn1nnnc1Sc1cccc(C(=N)N)n1. The normalized spacial score (nSPS) is 10.3. The lowest BCUT2D eigenvalue weighted by Gasteiger charge is -2.01. The van der Waals surface area contributed by atoms with E-state index in [4.69, 9.17) is 11.1 Å². The Morgan fingerprint density at radius 1 is 1.50 bits per heavy atom. The molecule has 0 radical (unpaired) electrons. The summed E-state index contributed by atoms with van der Waals surface area (Å²) in [6, 6.07) is 5.28. The predicted molar refractivity (Wildman–Crippen MR) is 58.2 cm³/mol. The van der Waals surface area contributed by atoms with Crippen LogP contribution >= 0.6 is 11.8 Å². The average molecular weight is 235 g/mol. The first kappa shape index (κ1) is 10.6. The second-order valence-corrected chi connectivity index (χ2v) is 3.95. The van der Waals surface area contributed by atoms with E-state index in [9.17, 15) is 0 Å². The summed E-state index contributed by atoms with van der Waals surface area (Å²) in [4.78, 5) is 4.19. The Balaban J connectivity index is 2.25. The number of nitrogens with one attached hydrogen (secondary N) is 1. The van der Waals surface area contributed by atoms with Gasteiger partial charge in [0.2, 0.25) is 5.16 Å². The van der Waals surface area contributed by atoms with E-state index in [0.29, 0.717) is 15.9 Å². The van der Waals surface area contributed by atoms with Gasteiger partial charge in [-0.3, -0.25) is 5.41 Å². The minimum atomic E-state index is -0.0569. The highest BCUT2D eigenvalue weighted by molar-refractivity contribution is 7.99. The van der Waals surface area contributed by atoms with Crippen LogP contribution in [-0.2, 0) is 7.05 Å². The van der Waals surface area contributed by atoms with Crippen molar-refractivity contribution < 1.29 is 0 Å². The van der Waals surface area contributed by atoms with Crippen LogP contribution in [0.15, 0.2) is 28.4 Å². The van der Waals surface area contributed by atoms with Crippen molar-refractivity contribution in [3.05, 3.63) is 23.9 Å². The van der Waals surface area contributed by atoms with E-state index < -0.39 is 0 Å². The van der Waals surface area contributed by atoms with Gasteiger partial charge in [0.05, 0.1) is 0 Å². The van der Waals surface area contributed by atoms with Crippen molar-refractivity contribution in [1.82, 2.24) is 25.2 Å². The molecule has 0 bridgehead atoms. The number of nitrogens with zero attached hydrogens (tertiary/aromatic N) is 5. The summed E-state index contributed by atoms with van der Waals surface area (Å²) in [6.45, 7) is 0. The fourth-order valence-electron chi connectivity index (χ4n) is 1.02. The average Bonchev–Trinajstić information content (AvgIpc) is 2.65. The summed E-state index contributed by atoms with van der Waals surface area (Å²) in [5.41, 5.74) is 5.80. The Bertz CT molecular complexity index is 521. The lowest BCUT2D eigenvalue weighted by molar-refractivity contribution is 0.664. The topological polar surface area (TPSA) is 106 Å². The summed E-state index contributed by atoms with van der Waals surface area (Å²) in [5.74, 6) is -0.0569. The molecule has 0 saturated heterocycles. The van der Waals surface area contributed by atoms with Gasteiger partial charge in [0, 0.05) is 7.05 Å². The Labute approximate surface area is 95.6 Å². The number of nitrogen functional groups attached to an aromatic ring is 1. The van der Waals surface area contributed by atoms with Gasteiger partial charge in [-0.2, -0.15) is 0 Å². The van der Waals surface area contributed by atoms with Gasteiger partial charge < -0.3 is 5.73 Å². The maximum Gasteiger partial charge on any atom is 0.215 e. The zero-order valence-electron chi connectivity index (χ0n) is 8.45. The molecule has 0 spiro atoms. The highest BCUT2D eigenvalue weighted by atomic mass is 32.2. The minimum absolute atomic E-state index is 0.0569. The molecule has 0 aliphatic rings. The number of rotatable bonds is 3. The number of pyridine rings is 1. The number of amidine groups is 1. The van der Waals surface area contributed by atoms with Crippen LogP contribution in [0.4, 0.5) is 0 Å². The molecule has 0 unspecified atom stereocenters. The van der Waals surface area contributed by atoms with Crippen molar-refractivity contribution in [2.75, 3.05) is 0 Å². The van der Waals surface area contributed by atoms with E-state index in [-0.39, 0.29) is 5.84 Å². The van der Waals surface area contributed by atoms with Gasteiger partial charge in [-0.15, -0.1) is 5.10 Å². The molecular formula is C8H9N7S. The molecule has 0 atom stereocenters. The molecule has 0 aliphatic carbocycles. The quantitative estimate of drug-likeness (QED) is 0.574. The molecule has 0 aliphatic heterocycles. The van der Waals surface area contributed by atoms with Crippen LogP contribution < -0.4 is 5.73 Å². The third kappa shape index (κ3) is 2.16. The first-order valence-corrected chi connectivity index (χ1v) is 5.20. The van der Waals surface area contributed by atoms with Crippen LogP contribution in [0.5, 0.6) is 0 Å². The van der Waals surface area contributed by atoms with Gasteiger partial charge >= 0.3 is 0 Å². The molecule has 0 fully saturated rings. The molecule has 2 heterocycles. The lowest BCUT2D eigenvalue weighted by atomic mass is 10.3. The third-order valence-corrected chi connectivity index (χ3v) is 2.74. The standard InChI is InChI=1S/C8H9N7S/c1-15-8(12-13-14-15)16-6-4-2-3-5(11-6)7(9)10/h2-4H,1H3,(H3,9,10). The van der Waals surface area contributed by atoms with Crippen LogP contribution in [0.3, 0.4) is 0 Å². The number of tetrazole rings is 1. The van der Waals surface area contributed by atoms with Crippen LogP contribution in [0.25, 0.3) is 0 Å². The van der Waals surface area contributed by atoms with E-state index in [0.717, 1.165) is 0 Å². The van der Waals surface area contributed by atoms with E-state index in [2.05, 4.69) is 20.5 Å². The Morgan fingerprint density at radius 2 is 2.31 bits per heavy atom. The molecule has 2 rings (SSSR count). The van der Waals surface area contributed by atoms with Gasteiger partial charge in [0.15, 0.2) is 0 Å². The maximum absolute atomic E-state index is 7.28. The zero-order chi connectivity index (χ0) is 11.5. The van der Waals surface area contributed by atoms with E-state index >= 15 is 0 Å². The second kappa shape index (κ2) is 4.27. The Hall–Kier alpha value is -1.96. The summed E-state index contributed by atoms with van der Waals surface area (Å²) in [7, 11) is 1.75. The Morgan fingerprint density at radius 3 is 2.94 bits per heavy atom. The zero-order valence-corrected chi connectivity index (χ0v) is 9.27. The van der Waals surface area contributed by atoms with Crippen molar-refractivity contribution in [2.45, 2.75) is 10.2 Å². The summed E-state index contributed by atoms with van der Waals surface area (Å²) in [5, 5.41) is 19.7. The molecule has 8 heteroatoms. The van der Waals surface area contributed by atoms with Crippen molar-refractivity contribution in [2.24, 2.45) is 12.8 Å². The molecule has 0 aromatic carbocycles. The van der Waals surface area contributed by atoms with Crippen LogP contribution in [0, 0.1) is 5.41 Å². The van der Waals surface area contributed by atoms with Crippen molar-refractivity contribution >= 4 is 17.6 Å². The van der Waals surface area contributed by atoms with Crippen molar-refractivity contribution in [3.8, 4) is 0 Å². The number of aryl methyl sites for hydroxylation is 1. The lowest BCUT2D eigenvalue weighted by Crippen LogP contribution is -2.13. The van der Waals surface area contributed by atoms with Crippen LogP contribution in [0.2, 0.25) is 0 Å². The number of aromatic nitrogens is 5. The first-order chi connectivity index (χ1) is 7.66. The summed E-state index contributed by atoms with van der Waals surface area (Å²) in [6.07, 6.45) is 0. The van der Waals surface area contributed by atoms with Crippen LogP contribution in [-0.4, -0.2) is 31.0 Å². The van der Waals surface area contributed by atoms with E-state index in [1.807, 2.05) is 6.07 Å². The number of hydrogen-bond donors (Lipinski definition) is 2. The second-order valence-electron chi connectivity index (χ2n) is 2.96. The molecule has 2 aromatic rings. The summed E-state index contributed by atoms with van der Waals surface area (Å²) >= 11 is 1.32. The predicted octanol–water partition coefficient (Wildman–Crippen LogP) is 0.0404. The molecule has 82 valence electrons. The molecule has 2 aromatic heterocycles. The monoisotopic (exact) mass is 235 g/mol. The van der Waals surface area contributed by atoms with Gasteiger partial charge in [0.25, 0.3) is 0 Å². The maximum atomic E-state index is 7.28. The van der Waals surface area contributed by atoms with Gasteiger partial charge in [-0.1, -0.05) is 6.07 Å². The van der Waals surface area contributed by atoms with Crippen molar-refractivity contribution in [3.63, 3.8) is 0 Å². The molecule has 0 saturated carbocycles. The van der Waals surface area contributed by atoms with Gasteiger partial charge in [-0.05, 0) is 34.3 Å². The number of hydrogen-bond acceptors (Lipinski definition) is 6. The van der Waals surface area contributed by atoms with E-state index in [1.165, 1.54) is 11.8 Å². The molecule has 3 N–H and O–H groups in total. The first-order valence-electron chi connectivity index (χ1n) is 4.38. The highest BCUT2D eigenvalue weighted by Crippen LogP contribution is 2.22. The third-order valence-electron chi connectivity index (χ3n) is 1.78. The minimum Gasteiger partial charge on any atom is -0.382 e. The molecule has 7 nitrogen and oxygen atoms in total. The van der Waals surface area contributed by atoms with Gasteiger partial charge in [-0.25, -0.2) is 9.67 Å². The van der Waals surface area contributed by atoms with E-state index in [1.54, 1.807) is 23.9 Å². The highest BCUT2D eigenvalue weighted by Gasteiger charge is 2.07. The largest absolute Gasteiger partial charge is 0.382 e. The number of nitrogens with two attached hydrogens (primary N) is 1. The fraction of sp³-hybridized carbons (Fsp3) is 0.125. The van der Waals surface area contributed by atoms with Crippen molar-refractivity contribution in [1.29, 1.82) is 5.41 Å². The summed E-state index contributed by atoms with van der Waals surface area (Å²) < 4.78 is 1.55. The van der Waals surface area contributed by atoms with Crippen LogP contribution in [0.1, 0.15) is 5.69 Å². The Kier molecular flexibility index (Phi) is 2.82.